The van der Waals surface area contributed by atoms with Crippen molar-refractivity contribution in [3.63, 3.8) is 0 Å². The topological polar surface area (TPSA) is 43.7 Å². The summed E-state index contributed by atoms with van der Waals surface area (Å²) < 4.78 is 0. The predicted octanol–water partition coefficient (Wildman–Crippen LogP) is 8.75. The van der Waals surface area contributed by atoms with Gasteiger partial charge in [0.15, 0.2) is 0 Å². The molecule has 3 heteroatoms. The quantitative estimate of drug-likeness (QED) is 0.344. The van der Waals surface area contributed by atoms with Crippen molar-refractivity contribution in [2.45, 2.75) is 145 Å². The molecule has 3 nitrogen and oxygen atoms in total. The summed E-state index contributed by atoms with van der Waals surface area (Å²) in [4.78, 5) is 2.78. The van der Waals surface area contributed by atoms with Crippen LogP contribution in [0.4, 0.5) is 0 Å². The Balaban J connectivity index is 1.33. The van der Waals surface area contributed by atoms with Crippen LogP contribution in [0.25, 0.3) is 0 Å². The molecule has 2 N–H and O–H groups in total. The summed E-state index contributed by atoms with van der Waals surface area (Å²) in [6, 6.07) is 1.24. The molecule has 0 spiro atoms. The van der Waals surface area contributed by atoms with Gasteiger partial charge in [-0.1, -0.05) is 79.0 Å². The van der Waals surface area contributed by atoms with Gasteiger partial charge in [0, 0.05) is 24.5 Å². The number of aliphatic hydroxyl groups is 2. The standard InChI is InChI=1S/C40H67NO2/c1-21(2)33-22(3)19-38(10)28(9)39(11)23(4)30-18-17-29(20-41-26(7)31-15-13-14-16-32(31)27(41)8)36(42)34(30)37(43)35(39)25(6)40(38,12)24(33)5/h23-32,34-37,42-43H,1,13-20H2,2-12H3. The van der Waals surface area contributed by atoms with Gasteiger partial charge in [-0.3, -0.25) is 4.90 Å². The van der Waals surface area contributed by atoms with Crippen LogP contribution < -0.4 is 0 Å². The fourth-order valence-electron chi connectivity index (χ4n) is 14.6. The molecule has 5 fully saturated rings. The van der Waals surface area contributed by atoms with E-state index < -0.39 is 12.2 Å². The maximum absolute atomic E-state index is 12.7. The Morgan fingerprint density at radius 1 is 0.837 bits per heavy atom. The number of fused-ring (bicyclic) bond motifs is 4. The van der Waals surface area contributed by atoms with Gasteiger partial charge >= 0.3 is 0 Å². The maximum Gasteiger partial charge on any atom is 0.0636 e. The van der Waals surface area contributed by atoms with Gasteiger partial charge in [-0.05, 0) is 135 Å². The summed E-state index contributed by atoms with van der Waals surface area (Å²) in [5.41, 5.74) is 4.46. The van der Waals surface area contributed by atoms with Crippen molar-refractivity contribution in [1.82, 2.24) is 4.90 Å². The monoisotopic (exact) mass is 594 g/mol. The highest BCUT2D eigenvalue weighted by Gasteiger charge is 2.72. The van der Waals surface area contributed by atoms with Crippen molar-refractivity contribution < 1.29 is 10.2 Å². The number of aliphatic hydroxyl groups excluding tert-OH is 2. The van der Waals surface area contributed by atoms with Crippen LogP contribution in [-0.4, -0.2) is 45.9 Å². The highest BCUT2D eigenvalue weighted by Crippen LogP contribution is 2.76. The van der Waals surface area contributed by atoms with Crippen molar-refractivity contribution in [3.05, 3.63) is 23.3 Å². The van der Waals surface area contributed by atoms with Crippen LogP contribution >= 0.6 is 0 Å². The highest BCUT2D eigenvalue weighted by atomic mass is 16.3. The van der Waals surface area contributed by atoms with Crippen LogP contribution in [0.3, 0.4) is 0 Å². The molecule has 4 saturated carbocycles. The molecule has 6 aliphatic rings. The molecule has 5 aliphatic carbocycles. The summed E-state index contributed by atoms with van der Waals surface area (Å²) in [6.07, 6.45) is 8.07. The van der Waals surface area contributed by atoms with E-state index in [0.717, 1.165) is 37.6 Å². The van der Waals surface area contributed by atoms with E-state index >= 15 is 0 Å². The summed E-state index contributed by atoms with van der Waals surface area (Å²) >= 11 is 0. The average Bonchev–Trinajstić information content (AvgIpc) is 3.19. The lowest BCUT2D eigenvalue weighted by Crippen LogP contribution is -2.72. The minimum absolute atomic E-state index is 0.0123. The van der Waals surface area contributed by atoms with E-state index in [9.17, 15) is 10.2 Å². The first-order valence-corrected chi connectivity index (χ1v) is 18.5. The Morgan fingerprint density at radius 2 is 1.42 bits per heavy atom. The Labute approximate surface area is 265 Å². The lowest BCUT2D eigenvalue weighted by molar-refractivity contribution is -0.286. The first-order valence-electron chi connectivity index (χ1n) is 18.5. The van der Waals surface area contributed by atoms with Crippen LogP contribution in [0.2, 0.25) is 0 Å². The van der Waals surface area contributed by atoms with E-state index in [1.807, 2.05) is 0 Å². The Hall–Kier alpha value is -0.640. The van der Waals surface area contributed by atoms with Crippen LogP contribution in [0.15, 0.2) is 23.3 Å². The molecule has 6 rings (SSSR count). The van der Waals surface area contributed by atoms with Gasteiger partial charge in [-0.25, -0.2) is 0 Å². The molecule has 1 heterocycles. The zero-order valence-corrected chi connectivity index (χ0v) is 29.8. The van der Waals surface area contributed by atoms with Crippen molar-refractivity contribution in [1.29, 1.82) is 0 Å². The lowest BCUT2D eigenvalue weighted by Gasteiger charge is -2.75. The number of hydrogen-bond acceptors (Lipinski definition) is 3. The van der Waals surface area contributed by atoms with E-state index in [2.05, 4.69) is 87.6 Å². The third kappa shape index (κ3) is 4.08. The summed E-state index contributed by atoms with van der Waals surface area (Å²) in [7, 11) is 0. The third-order valence-electron chi connectivity index (χ3n) is 17.4. The fourth-order valence-corrected chi connectivity index (χ4v) is 14.6. The molecule has 1 saturated heterocycles. The molecule has 0 aromatic heterocycles. The van der Waals surface area contributed by atoms with Crippen molar-refractivity contribution in [2.75, 3.05) is 6.54 Å². The first kappa shape index (κ1) is 32.3. The van der Waals surface area contributed by atoms with Gasteiger partial charge in [-0.15, -0.1) is 0 Å². The van der Waals surface area contributed by atoms with Crippen molar-refractivity contribution >= 4 is 0 Å². The second kappa shape index (κ2) is 10.7. The number of likely N-dealkylation sites (tertiary alicyclic amines) is 1. The number of nitrogens with zero attached hydrogens (tertiary/aromatic N) is 1. The second-order valence-corrected chi connectivity index (χ2v) is 18.1. The van der Waals surface area contributed by atoms with Crippen LogP contribution in [0.5, 0.6) is 0 Å². The van der Waals surface area contributed by atoms with Gasteiger partial charge in [0.25, 0.3) is 0 Å². The molecular formula is C40H67NO2. The Morgan fingerprint density at radius 3 is 1.98 bits per heavy atom. The highest BCUT2D eigenvalue weighted by molar-refractivity contribution is 5.40. The predicted molar refractivity (Wildman–Crippen MR) is 179 cm³/mol. The molecule has 244 valence electrons. The SMILES string of the molecule is C=C(C)C1=C(C)CC2(C)C(C)C3(C)C(C)C4CCC(CN5C(C)C6CCCCC6C5C)C(O)C4C(O)C3C(C)C2(C)C1C. The smallest absolute Gasteiger partial charge is 0.0636 e. The largest absolute Gasteiger partial charge is 0.392 e. The van der Waals surface area contributed by atoms with Gasteiger partial charge in [0.05, 0.1) is 12.2 Å². The summed E-state index contributed by atoms with van der Waals surface area (Å²) in [5, 5.41) is 25.0. The van der Waals surface area contributed by atoms with Gasteiger partial charge in [0.2, 0.25) is 0 Å². The summed E-state index contributed by atoms with van der Waals surface area (Å²) in [5.74, 6) is 4.20. The van der Waals surface area contributed by atoms with Gasteiger partial charge in [0.1, 0.15) is 0 Å². The molecule has 43 heavy (non-hydrogen) atoms. The lowest BCUT2D eigenvalue weighted by atomic mass is 9.30. The zero-order chi connectivity index (χ0) is 31.5. The maximum atomic E-state index is 12.7. The van der Waals surface area contributed by atoms with Crippen LogP contribution in [0.1, 0.15) is 121 Å². The normalized spacial score (nSPS) is 57.0. The molecule has 0 aromatic rings. The molecule has 0 bridgehead atoms. The van der Waals surface area contributed by atoms with Crippen LogP contribution in [-0.2, 0) is 0 Å². The average molecular weight is 594 g/mol. The molecular weight excluding hydrogens is 526 g/mol. The zero-order valence-electron chi connectivity index (χ0n) is 29.8. The first-order chi connectivity index (χ1) is 20.0. The number of rotatable bonds is 3. The van der Waals surface area contributed by atoms with Crippen LogP contribution in [0, 0.1) is 75.4 Å². The molecule has 0 aromatic carbocycles. The van der Waals surface area contributed by atoms with E-state index in [1.54, 1.807) is 0 Å². The number of hydrogen-bond donors (Lipinski definition) is 2. The molecule has 0 radical (unpaired) electrons. The fraction of sp³-hybridized carbons (Fsp3) is 0.900. The van der Waals surface area contributed by atoms with E-state index in [0.29, 0.717) is 41.7 Å². The molecule has 17 atom stereocenters. The van der Waals surface area contributed by atoms with E-state index in [1.165, 1.54) is 42.4 Å². The van der Waals surface area contributed by atoms with Crippen molar-refractivity contribution in [2.24, 2.45) is 75.4 Å². The minimum atomic E-state index is -0.452. The Kier molecular flexibility index (Phi) is 8.04. The van der Waals surface area contributed by atoms with Gasteiger partial charge in [-0.2, -0.15) is 0 Å². The van der Waals surface area contributed by atoms with E-state index in [4.69, 9.17) is 0 Å². The second-order valence-electron chi connectivity index (χ2n) is 18.1. The summed E-state index contributed by atoms with van der Waals surface area (Å²) in [6.45, 7) is 32.7. The minimum Gasteiger partial charge on any atom is -0.392 e. The molecule has 17 unspecified atom stereocenters. The molecule has 0 amide bonds. The number of allylic oxidation sites excluding steroid dienone is 3. The molecule has 1 aliphatic heterocycles. The van der Waals surface area contributed by atoms with Crippen molar-refractivity contribution in [3.8, 4) is 0 Å². The third-order valence-corrected chi connectivity index (χ3v) is 17.4. The Bertz CT molecular complexity index is 1130. The van der Waals surface area contributed by atoms with Gasteiger partial charge < -0.3 is 10.2 Å². The van der Waals surface area contributed by atoms with E-state index in [-0.39, 0.29) is 34.0 Å².